The SMILES string of the molecule is O=C(O)CCOCCOCCOCCOCCOCCOCCOCCOCCS(=O)(=O)O. The zero-order valence-electron chi connectivity index (χ0n) is 19.0. The van der Waals surface area contributed by atoms with Gasteiger partial charge in [0, 0.05) is 0 Å². The maximum atomic E-state index is 10.5. The molecule has 2 N–H and O–H groups in total. The van der Waals surface area contributed by atoms with Crippen LogP contribution in [0.5, 0.6) is 0 Å². The first-order chi connectivity index (χ1) is 15.9. The van der Waals surface area contributed by atoms with E-state index in [4.69, 9.17) is 47.6 Å². The predicted octanol–water partition coefficient (Wildman–Crippen LogP) is -0.518. The van der Waals surface area contributed by atoms with Gasteiger partial charge in [0.2, 0.25) is 0 Å². The van der Waals surface area contributed by atoms with Crippen LogP contribution in [-0.2, 0) is 52.8 Å². The molecule has 198 valence electrons. The number of ether oxygens (including phenoxy) is 8. The highest BCUT2D eigenvalue weighted by Gasteiger charge is 2.03. The van der Waals surface area contributed by atoms with E-state index >= 15 is 0 Å². The van der Waals surface area contributed by atoms with E-state index in [1.807, 2.05) is 0 Å². The van der Waals surface area contributed by atoms with Crippen molar-refractivity contribution in [3.8, 4) is 0 Å². The van der Waals surface area contributed by atoms with E-state index in [0.29, 0.717) is 85.9 Å². The maximum Gasteiger partial charge on any atom is 0.305 e. The molecule has 0 aliphatic carbocycles. The molecule has 0 spiro atoms. The minimum absolute atomic E-state index is 0.0112. The van der Waals surface area contributed by atoms with Gasteiger partial charge in [-0.1, -0.05) is 0 Å². The van der Waals surface area contributed by atoms with Gasteiger partial charge in [0.05, 0.1) is 118 Å². The van der Waals surface area contributed by atoms with Crippen LogP contribution in [0, 0.1) is 0 Å². The lowest BCUT2D eigenvalue weighted by molar-refractivity contribution is -0.138. The van der Waals surface area contributed by atoms with Gasteiger partial charge < -0.3 is 43.0 Å². The molecule has 0 aromatic heterocycles. The molecule has 0 heterocycles. The third kappa shape index (κ3) is 31.1. The van der Waals surface area contributed by atoms with Crippen molar-refractivity contribution in [1.29, 1.82) is 0 Å². The molecule has 0 aliphatic heterocycles. The summed E-state index contributed by atoms with van der Waals surface area (Å²) in [4.78, 5) is 10.3. The lowest BCUT2D eigenvalue weighted by Gasteiger charge is -2.08. The molecule has 0 aromatic carbocycles. The van der Waals surface area contributed by atoms with Crippen LogP contribution >= 0.6 is 0 Å². The Labute approximate surface area is 195 Å². The summed E-state index contributed by atoms with van der Waals surface area (Å²) in [5.41, 5.74) is 0. The highest BCUT2D eigenvalue weighted by Crippen LogP contribution is 1.87. The molecule has 13 nitrogen and oxygen atoms in total. The molecule has 0 fully saturated rings. The van der Waals surface area contributed by atoms with Gasteiger partial charge >= 0.3 is 5.97 Å². The van der Waals surface area contributed by atoms with Crippen molar-refractivity contribution in [2.24, 2.45) is 0 Å². The summed E-state index contributed by atoms with van der Waals surface area (Å²) < 4.78 is 71.4. The molecule has 0 radical (unpaired) electrons. The van der Waals surface area contributed by atoms with Gasteiger partial charge in [-0.2, -0.15) is 8.42 Å². The van der Waals surface area contributed by atoms with Crippen molar-refractivity contribution in [2.45, 2.75) is 6.42 Å². The van der Waals surface area contributed by atoms with E-state index in [0.717, 1.165) is 0 Å². The standard InChI is InChI=1S/C19H38O13S/c20-19(21)1-2-25-3-4-26-5-6-27-7-8-28-9-10-29-11-12-30-13-14-31-15-16-32-17-18-33(22,23)24/h1-18H2,(H,20,21)(H,22,23,24). The molecule has 0 aromatic rings. The molecule has 0 aliphatic rings. The average Bonchev–Trinajstić information content (AvgIpc) is 2.75. The number of carbonyl (C=O) groups is 1. The molecule has 14 heteroatoms. The summed E-state index contributed by atoms with van der Waals surface area (Å²) in [5, 5.41) is 8.44. The Bertz CT molecular complexity index is 530. The van der Waals surface area contributed by atoms with E-state index < -0.39 is 21.8 Å². The molecular weight excluding hydrogens is 468 g/mol. The molecule has 33 heavy (non-hydrogen) atoms. The first-order valence-electron chi connectivity index (χ1n) is 10.7. The molecule has 0 atom stereocenters. The van der Waals surface area contributed by atoms with Gasteiger partial charge in [-0.25, -0.2) is 0 Å². The Hall–Kier alpha value is -0.940. The topological polar surface area (TPSA) is 166 Å². The highest BCUT2D eigenvalue weighted by molar-refractivity contribution is 7.85. The highest BCUT2D eigenvalue weighted by atomic mass is 32.2. The molecule has 0 amide bonds. The Morgan fingerprint density at radius 2 is 0.727 bits per heavy atom. The van der Waals surface area contributed by atoms with Crippen LogP contribution < -0.4 is 0 Å². The zero-order chi connectivity index (χ0) is 24.5. The zero-order valence-corrected chi connectivity index (χ0v) is 19.8. The van der Waals surface area contributed by atoms with Crippen LogP contribution in [0.1, 0.15) is 6.42 Å². The Kier molecular flexibility index (Phi) is 23.5. The third-order valence-electron chi connectivity index (χ3n) is 3.55. The monoisotopic (exact) mass is 506 g/mol. The van der Waals surface area contributed by atoms with Crippen LogP contribution in [-0.4, -0.2) is 136 Å². The largest absolute Gasteiger partial charge is 0.481 e. The van der Waals surface area contributed by atoms with Gasteiger partial charge in [0.25, 0.3) is 10.1 Å². The number of carboxylic acid groups (broad SMARTS) is 1. The minimum Gasteiger partial charge on any atom is -0.481 e. The summed E-state index contributed by atoms with van der Waals surface area (Å²) >= 11 is 0. The van der Waals surface area contributed by atoms with Crippen LogP contribution in [0.25, 0.3) is 0 Å². The van der Waals surface area contributed by atoms with E-state index in [1.165, 1.54) is 0 Å². The summed E-state index contributed by atoms with van der Waals surface area (Å²) in [6, 6.07) is 0. The van der Waals surface area contributed by atoms with Gasteiger partial charge in [-0.3, -0.25) is 9.35 Å². The second-order valence-corrected chi connectivity index (χ2v) is 7.90. The fourth-order valence-electron chi connectivity index (χ4n) is 1.97. The van der Waals surface area contributed by atoms with Crippen LogP contribution in [0.3, 0.4) is 0 Å². The molecular formula is C19H38O13S. The number of aliphatic carboxylic acids is 1. The van der Waals surface area contributed by atoms with E-state index in [1.54, 1.807) is 0 Å². The number of hydrogen-bond donors (Lipinski definition) is 2. The van der Waals surface area contributed by atoms with Crippen molar-refractivity contribution in [2.75, 3.05) is 111 Å². The van der Waals surface area contributed by atoms with Crippen molar-refractivity contribution in [3.05, 3.63) is 0 Å². The van der Waals surface area contributed by atoms with Crippen LogP contribution in [0.2, 0.25) is 0 Å². The second kappa shape index (κ2) is 24.2. The minimum atomic E-state index is -3.98. The number of hydrogen-bond acceptors (Lipinski definition) is 11. The van der Waals surface area contributed by atoms with Crippen molar-refractivity contribution in [1.82, 2.24) is 0 Å². The fraction of sp³-hybridized carbons (Fsp3) is 0.947. The number of rotatable bonds is 27. The number of carboxylic acids is 1. The molecule has 0 rings (SSSR count). The van der Waals surface area contributed by atoms with Crippen LogP contribution in [0.4, 0.5) is 0 Å². The quantitative estimate of drug-likeness (QED) is 0.108. The molecule has 0 bridgehead atoms. The molecule has 0 saturated heterocycles. The smallest absolute Gasteiger partial charge is 0.305 e. The average molecular weight is 507 g/mol. The summed E-state index contributed by atoms with van der Waals surface area (Å²) in [6.07, 6.45) is -0.0112. The first-order valence-corrected chi connectivity index (χ1v) is 12.3. The van der Waals surface area contributed by atoms with E-state index in [9.17, 15) is 13.2 Å². The second-order valence-electron chi connectivity index (χ2n) is 6.33. The molecule has 0 unspecified atom stereocenters. The first kappa shape index (κ1) is 32.1. The van der Waals surface area contributed by atoms with Gasteiger partial charge in [0.15, 0.2) is 0 Å². The van der Waals surface area contributed by atoms with E-state index in [2.05, 4.69) is 0 Å². The Morgan fingerprint density at radius 1 is 0.485 bits per heavy atom. The fourth-order valence-corrected chi connectivity index (χ4v) is 2.29. The van der Waals surface area contributed by atoms with E-state index in [-0.39, 0.29) is 26.2 Å². The van der Waals surface area contributed by atoms with Crippen LogP contribution in [0.15, 0.2) is 0 Å². The van der Waals surface area contributed by atoms with Gasteiger partial charge in [0.1, 0.15) is 0 Å². The van der Waals surface area contributed by atoms with Crippen molar-refractivity contribution >= 4 is 16.1 Å². The summed E-state index contributed by atoms with van der Waals surface area (Å²) in [5.74, 6) is -1.31. The third-order valence-corrected chi connectivity index (χ3v) is 4.23. The Balaban J connectivity index is 3.06. The Morgan fingerprint density at radius 3 is 0.970 bits per heavy atom. The summed E-state index contributed by atoms with van der Waals surface area (Å²) in [7, 11) is -3.98. The van der Waals surface area contributed by atoms with Crippen molar-refractivity contribution in [3.63, 3.8) is 0 Å². The lowest BCUT2D eigenvalue weighted by atomic mass is 10.5. The maximum absolute atomic E-state index is 10.5. The molecule has 0 saturated carbocycles. The van der Waals surface area contributed by atoms with Gasteiger partial charge in [-0.05, 0) is 0 Å². The lowest BCUT2D eigenvalue weighted by Crippen LogP contribution is -2.15. The van der Waals surface area contributed by atoms with Crippen molar-refractivity contribution < 1.29 is 60.8 Å². The summed E-state index contributed by atoms with van der Waals surface area (Å²) in [6.45, 7) is 5.76. The normalized spacial score (nSPS) is 11.8. The predicted molar refractivity (Wildman–Crippen MR) is 115 cm³/mol. The van der Waals surface area contributed by atoms with Gasteiger partial charge in [-0.15, -0.1) is 0 Å².